The monoisotopic (exact) mass is 461 g/mol. The number of piperidine rings is 1. The summed E-state index contributed by atoms with van der Waals surface area (Å²) >= 11 is 0. The molecule has 1 N–H and O–H groups in total. The van der Waals surface area contributed by atoms with E-state index in [1.54, 1.807) is 18.2 Å². The van der Waals surface area contributed by atoms with Crippen LogP contribution in [0.5, 0.6) is 11.5 Å². The number of carbonyl (C=O) groups excluding carboxylic acids is 3. The van der Waals surface area contributed by atoms with Gasteiger partial charge in [-0.15, -0.1) is 0 Å². The summed E-state index contributed by atoms with van der Waals surface area (Å²) in [5.41, 5.74) is 2.03. The Morgan fingerprint density at radius 2 is 1.68 bits per heavy atom. The SMILES string of the molecule is CC1(C2CCN(C(=O)c3ccc4c(c3)OCO4)CC2)NC(=O)N(C2Cc3ccccc3C2)C1=O. The van der Waals surface area contributed by atoms with E-state index >= 15 is 0 Å². The van der Waals surface area contributed by atoms with E-state index in [0.717, 1.165) is 0 Å². The lowest BCUT2D eigenvalue weighted by Gasteiger charge is -2.39. The van der Waals surface area contributed by atoms with Crippen molar-refractivity contribution < 1.29 is 23.9 Å². The molecule has 34 heavy (non-hydrogen) atoms. The van der Waals surface area contributed by atoms with E-state index < -0.39 is 5.54 Å². The number of ether oxygens (including phenoxy) is 2. The van der Waals surface area contributed by atoms with E-state index in [9.17, 15) is 14.4 Å². The molecule has 2 fully saturated rings. The lowest BCUT2D eigenvalue weighted by Crippen LogP contribution is -2.55. The first-order valence-electron chi connectivity index (χ1n) is 11.9. The molecule has 1 unspecified atom stereocenters. The van der Waals surface area contributed by atoms with Gasteiger partial charge in [-0.25, -0.2) is 4.79 Å². The fourth-order valence-corrected chi connectivity index (χ4v) is 5.88. The molecule has 1 aliphatic carbocycles. The molecule has 0 saturated carbocycles. The highest BCUT2D eigenvalue weighted by atomic mass is 16.7. The van der Waals surface area contributed by atoms with Gasteiger partial charge in [0.05, 0.1) is 0 Å². The minimum atomic E-state index is -0.945. The average Bonchev–Trinajstić information content (AvgIpc) is 3.54. The highest BCUT2D eigenvalue weighted by molar-refractivity contribution is 6.07. The van der Waals surface area contributed by atoms with E-state index in [0.29, 0.717) is 55.8 Å². The topological polar surface area (TPSA) is 88.2 Å². The van der Waals surface area contributed by atoms with Crippen molar-refractivity contribution >= 4 is 17.8 Å². The first-order chi connectivity index (χ1) is 16.4. The Labute approximate surface area is 197 Å². The van der Waals surface area contributed by atoms with Gasteiger partial charge in [-0.1, -0.05) is 24.3 Å². The Bertz CT molecular complexity index is 1160. The van der Waals surface area contributed by atoms with Crippen LogP contribution in [0.3, 0.4) is 0 Å². The summed E-state index contributed by atoms with van der Waals surface area (Å²) in [7, 11) is 0. The molecule has 0 bridgehead atoms. The molecule has 3 heterocycles. The number of amides is 4. The molecule has 176 valence electrons. The standard InChI is InChI=1S/C26H27N3O5/c1-26(24(31)29(25(32)27-26)20-12-16-4-2-3-5-17(16)13-20)19-8-10-28(11-9-19)23(30)18-6-7-21-22(14-18)34-15-33-21/h2-7,14,19-20H,8-13,15H2,1H3,(H,27,32). The minimum Gasteiger partial charge on any atom is -0.454 e. The molecule has 2 saturated heterocycles. The number of urea groups is 1. The molecule has 1 atom stereocenters. The number of fused-ring (bicyclic) bond motifs is 2. The van der Waals surface area contributed by atoms with E-state index in [1.807, 2.05) is 24.0 Å². The zero-order chi connectivity index (χ0) is 23.4. The van der Waals surface area contributed by atoms with Gasteiger partial charge in [0.25, 0.3) is 11.8 Å². The van der Waals surface area contributed by atoms with Gasteiger partial charge < -0.3 is 19.7 Å². The summed E-state index contributed by atoms with van der Waals surface area (Å²) in [6.45, 7) is 3.08. The molecule has 0 spiro atoms. The second-order valence-electron chi connectivity index (χ2n) is 9.77. The first kappa shape index (κ1) is 21.0. The third-order valence-corrected chi connectivity index (χ3v) is 7.86. The lowest BCUT2D eigenvalue weighted by atomic mass is 9.78. The summed E-state index contributed by atoms with van der Waals surface area (Å²) in [5, 5.41) is 3.01. The predicted molar refractivity (Wildman–Crippen MR) is 123 cm³/mol. The van der Waals surface area contributed by atoms with Crippen molar-refractivity contribution in [3.63, 3.8) is 0 Å². The van der Waals surface area contributed by atoms with Crippen LogP contribution in [-0.2, 0) is 17.6 Å². The van der Waals surface area contributed by atoms with Gasteiger partial charge in [0.15, 0.2) is 11.5 Å². The van der Waals surface area contributed by atoms with Crippen LogP contribution in [0.4, 0.5) is 4.79 Å². The number of imide groups is 1. The maximum absolute atomic E-state index is 13.6. The zero-order valence-corrected chi connectivity index (χ0v) is 19.1. The van der Waals surface area contributed by atoms with Crippen molar-refractivity contribution in [1.82, 2.24) is 15.1 Å². The minimum absolute atomic E-state index is 0.0291. The number of benzene rings is 2. The number of hydrogen-bond acceptors (Lipinski definition) is 5. The molecule has 8 heteroatoms. The largest absolute Gasteiger partial charge is 0.454 e. The normalized spacial score (nSPS) is 24.5. The van der Waals surface area contributed by atoms with Crippen LogP contribution in [0.1, 0.15) is 41.3 Å². The van der Waals surface area contributed by atoms with Crippen LogP contribution >= 0.6 is 0 Å². The van der Waals surface area contributed by atoms with Crippen molar-refractivity contribution in [2.24, 2.45) is 5.92 Å². The maximum atomic E-state index is 13.6. The van der Waals surface area contributed by atoms with Crippen LogP contribution in [-0.4, -0.2) is 59.1 Å². The molecule has 0 aromatic heterocycles. The van der Waals surface area contributed by atoms with Crippen LogP contribution in [0, 0.1) is 5.92 Å². The fourth-order valence-electron chi connectivity index (χ4n) is 5.88. The zero-order valence-electron chi connectivity index (χ0n) is 19.1. The van der Waals surface area contributed by atoms with Crippen LogP contribution in [0.25, 0.3) is 0 Å². The molecule has 4 amide bonds. The summed E-state index contributed by atoms with van der Waals surface area (Å²) in [4.78, 5) is 42.8. The van der Waals surface area contributed by atoms with Crippen molar-refractivity contribution in [3.05, 3.63) is 59.2 Å². The van der Waals surface area contributed by atoms with Crippen molar-refractivity contribution in [3.8, 4) is 11.5 Å². The van der Waals surface area contributed by atoms with Crippen molar-refractivity contribution in [2.75, 3.05) is 19.9 Å². The van der Waals surface area contributed by atoms with E-state index in [-0.39, 0.29) is 36.6 Å². The van der Waals surface area contributed by atoms with Crippen molar-refractivity contribution in [2.45, 2.75) is 44.2 Å². The molecule has 8 nitrogen and oxygen atoms in total. The Morgan fingerprint density at radius 3 is 2.38 bits per heavy atom. The molecule has 6 rings (SSSR count). The second kappa shape index (κ2) is 7.75. The first-order valence-corrected chi connectivity index (χ1v) is 11.9. The lowest BCUT2D eigenvalue weighted by molar-refractivity contribution is -0.134. The van der Waals surface area contributed by atoms with E-state index in [2.05, 4.69) is 17.4 Å². The second-order valence-corrected chi connectivity index (χ2v) is 9.77. The number of hydrogen-bond donors (Lipinski definition) is 1. The molecule has 4 aliphatic rings. The molecule has 2 aromatic rings. The molecule has 0 radical (unpaired) electrons. The average molecular weight is 462 g/mol. The summed E-state index contributed by atoms with van der Waals surface area (Å²) in [6.07, 6.45) is 2.71. The predicted octanol–water partition coefficient (Wildman–Crippen LogP) is 2.75. The Morgan fingerprint density at radius 1 is 1.00 bits per heavy atom. The summed E-state index contributed by atoms with van der Waals surface area (Å²) in [5.74, 6) is 0.999. The van der Waals surface area contributed by atoms with Gasteiger partial charge in [-0.3, -0.25) is 14.5 Å². The maximum Gasteiger partial charge on any atom is 0.325 e. The highest BCUT2D eigenvalue weighted by Crippen LogP contribution is 2.37. The van der Waals surface area contributed by atoms with Crippen LogP contribution in [0.15, 0.2) is 42.5 Å². The van der Waals surface area contributed by atoms with E-state index in [1.165, 1.54) is 16.0 Å². The molecular formula is C26H27N3O5. The Balaban J connectivity index is 1.12. The van der Waals surface area contributed by atoms with Crippen LogP contribution in [0.2, 0.25) is 0 Å². The van der Waals surface area contributed by atoms with Gasteiger partial charge in [0, 0.05) is 24.7 Å². The Hall–Kier alpha value is -3.55. The smallest absolute Gasteiger partial charge is 0.325 e. The Kier molecular flexibility index (Phi) is 4.79. The van der Waals surface area contributed by atoms with E-state index in [4.69, 9.17) is 9.47 Å². The van der Waals surface area contributed by atoms with Gasteiger partial charge in [-0.2, -0.15) is 0 Å². The quantitative estimate of drug-likeness (QED) is 0.711. The highest BCUT2D eigenvalue weighted by Gasteiger charge is 2.55. The molecule has 2 aromatic carbocycles. The van der Waals surface area contributed by atoms with Gasteiger partial charge in [-0.05, 0) is 67.9 Å². The van der Waals surface area contributed by atoms with Gasteiger partial charge in [0.2, 0.25) is 6.79 Å². The fraction of sp³-hybridized carbons (Fsp3) is 0.423. The third-order valence-electron chi connectivity index (χ3n) is 7.86. The van der Waals surface area contributed by atoms with Gasteiger partial charge in [0.1, 0.15) is 5.54 Å². The summed E-state index contributed by atoms with van der Waals surface area (Å²) < 4.78 is 10.7. The third kappa shape index (κ3) is 3.23. The van der Waals surface area contributed by atoms with Crippen molar-refractivity contribution in [1.29, 1.82) is 0 Å². The number of nitrogens with one attached hydrogen (secondary N) is 1. The number of carbonyl (C=O) groups is 3. The van der Waals surface area contributed by atoms with Crippen LogP contribution < -0.4 is 14.8 Å². The summed E-state index contributed by atoms with van der Waals surface area (Å²) in [6, 6.07) is 12.9. The number of likely N-dealkylation sites (tertiary alicyclic amines) is 1. The number of rotatable bonds is 3. The molecular weight excluding hydrogens is 434 g/mol. The number of nitrogens with zero attached hydrogens (tertiary/aromatic N) is 2. The van der Waals surface area contributed by atoms with Gasteiger partial charge >= 0.3 is 6.03 Å². The molecule has 3 aliphatic heterocycles.